The molecule has 3 heterocycles. The average molecular weight is 339 g/mol. The van der Waals surface area contributed by atoms with Gasteiger partial charge in [0.1, 0.15) is 0 Å². The van der Waals surface area contributed by atoms with E-state index in [4.69, 9.17) is 11.6 Å². The highest BCUT2D eigenvalue weighted by atomic mass is 35.5. The summed E-state index contributed by atoms with van der Waals surface area (Å²) in [4.78, 5) is 18.5. The molecule has 1 N–H and O–H groups in total. The molecule has 1 amide bonds. The Kier molecular flexibility index (Phi) is 3.78. The first-order chi connectivity index (χ1) is 11.7. The van der Waals surface area contributed by atoms with Crippen LogP contribution in [0, 0.1) is 0 Å². The van der Waals surface area contributed by atoms with Crippen molar-refractivity contribution < 1.29 is 4.79 Å². The van der Waals surface area contributed by atoms with Gasteiger partial charge in [-0.25, -0.2) is 0 Å². The largest absolute Gasteiger partial charge is 0.334 e. The zero-order chi connectivity index (χ0) is 16.5. The summed E-state index contributed by atoms with van der Waals surface area (Å²) >= 11 is 6.09. The molecule has 1 aliphatic heterocycles. The molecule has 3 aromatic rings. The second kappa shape index (κ2) is 6.09. The molecule has 120 valence electrons. The van der Waals surface area contributed by atoms with Gasteiger partial charge in [-0.2, -0.15) is 5.10 Å². The number of pyridine rings is 1. The van der Waals surface area contributed by atoms with E-state index < -0.39 is 0 Å². The number of fused-ring (bicyclic) bond motifs is 1. The van der Waals surface area contributed by atoms with E-state index in [1.54, 1.807) is 24.5 Å². The zero-order valence-electron chi connectivity index (χ0n) is 12.9. The lowest BCUT2D eigenvalue weighted by atomic mass is 10.0. The number of carbonyl (C=O) groups is 1. The maximum Gasteiger partial charge on any atom is 0.255 e. The molecule has 0 bridgehead atoms. The molecule has 4 rings (SSSR count). The number of rotatable bonds is 2. The van der Waals surface area contributed by atoms with Crippen LogP contribution in [-0.2, 0) is 13.0 Å². The summed E-state index contributed by atoms with van der Waals surface area (Å²) in [5.74, 6) is -0.00741. The monoisotopic (exact) mass is 338 g/mol. The van der Waals surface area contributed by atoms with Crippen molar-refractivity contribution in [3.8, 4) is 11.3 Å². The molecule has 1 aliphatic rings. The van der Waals surface area contributed by atoms with Crippen molar-refractivity contribution in [2.75, 3.05) is 6.54 Å². The first kappa shape index (κ1) is 14.9. The van der Waals surface area contributed by atoms with Gasteiger partial charge in [-0.15, -0.1) is 0 Å². The molecular formula is C18H15ClN4O. The standard InChI is InChI=1S/C18H15ClN4O/c19-14-5-1-3-12(9-14)17-15-11-23(8-6-16(15)21-22-17)18(24)13-4-2-7-20-10-13/h1-5,7,9-10H,6,8,11H2,(H,21,22). The number of benzene rings is 1. The number of nitrogens with one attached hydrogen (secondary N) is 1. The number of aromatic amines is 1. The van der Waals surface area contributed by atoms with Crippen molar-refractivity contribution >= 4 is 17.5 Å². The quantitative estimate of drug-likeness (QED) is 0.779. The third-order valence-electron chi connectivity index (χ3n) is 4.23. The summed E-state index contributed by atoms with van der Waals surface area (Å²) < 4.78 is 0. The van der Waals surface area contributed by atoms with Crippen LogP contribution >= 0.6 is 11.6 Å². The molecule has 2 aromatic heterocycles. The van der Waals surface area contributed by atoms with Gasteiger partial charge in [0.2, 0.25) is 0 Å². The number of halogens is 1. The number of amides is 1. The molecular weight excluding hydrogens is 324 g/mol. The Morgan fingerprint density at radius 3 is 2.96 bits per heavy atom. The number of hydrogen-bond donors (Lipinski definition) is 1. The van der Waals surface area contributed by atoms with Gasteiger partial charge in [0, 0.05) is 53.7 Å². The zero-order valence-corrected chi connectivity index (χ0v) is 13.6. The van der Waals surface area contributed by atoms with E-state index in [1.807, 2.05) is 29.2 Å². The average Bonchev–Trinajstić information content (AvgIpc) is 3.05. The summed E-state index contributed by atoms with van der Waals surface area (Å²) in [5.41, 5.74) is 4.56. The van der Waals surface area contributed by atoms with Crippen molar-refractivity contribution in [1.29, 1.82) is 0 Å². The van der Waals surface area contributed by atoms with Crippen LogP contribution in [0.2, 0.25) is 5.02 Å². The van der Waals surface area contributed by atoms with Crippen LogP contribution < -0.4 is 0 Å². The van der Waals surface area contributed by atoms with E-state index in [1.165, 1.54) is 0 Å². The molecule has 0 aliphatic carbocycles. The molecule has 1 aromatic carbocycles. The first-order valence-corrected chi connectivity index (χ1v) is 8.11. The molecule has 0 spiro atoms. The van der Waals surface area contributed by atoms with Gasteiger partial charge >= 0.3 is 0 Å². The van der Waals surface area contributed by atoms with Gasteiger partial charge in [0.05, 0.1) is 11.3 Å². The van der Waals surface area contributed by atoms with Crippen LogP contribution in [0.15, 0.2) is 48.8 Å². The smallest absolute Gasteiger partial charge is 0.255 e. The van der Waals surface area contributed by atoms with Crippen molar-refractivity contribution in [2.45, 2.75) is 13.0 Å². The number of carbonyl (C=O) groups excluding carboxylic acids is 1. The van der Waals surface area contributed by atoms with Gasteiger partial charge in [-0.3, -0.25) is 14.9 Å². The lowest BCUT2D eigenvalue weighted by Crippen LogP contribution is -2.36. The van der Waals surface area contributed by atoms with Crippen LogP contribution in [0.4, 0.5) is 0 Å². The van der Waals surface area contributed by atoms with E-state index >= 15 is 0 Å². The number of aromatic nitrogens is 3. The summed E-state index contributed by atoms with van der Waals surface area (Å²) in [6.07, 6.45) is 4.03. The summed E-state index contributed by atoms with van der Waals surface area (Å²) in [7, 11) is 0. The Hall–Kier alpha value is -2.66. The SMILES string of the molecule is O=C(c1cccnc1)N1CCc2[nH]nc(-c3cccc(Cl)c3)c2C1. The molecule has 0 saturated carbocycles. The third kappa shape index (κ3) is 2.67. The van der Waals surface area contributed by atoms with Crippen molar-refractivity contribution in [2.24, 2.45) is 0 Å². The van der Waals surface area contributed by atoms with Gasteiger partial charge < -0.3 is 4.90 Å². The Balaban J connectivity index is 1.65. The summed E-state index contributed by atoms with van der Waals surface area (Å²) in [6, 6.07) is 11.2. The summed E-state index contributed by atoms with van der Waals surface area (Å²) in [5, 5.41) is 8.21. The lowest BCUT2D eigenvalue weighted by molar-refractivity contribution is 0.0734. The third-order valence-corrected chi connectivity index (χ3v) is 4.46. The van der Waals surface area contributed by atoms with Crippen molar-refractivity contribution in [3.63, 3.8) is 0 Å². The van der Waals surface area contributed by atoms with E-state index in [-0.39, 0.29) is 5.91 Å². The number of H-pyrrole nitrogens is 1. The highest BCUT2D eigenvalue weighted by Crippen LogP contribution is 2.30. The normalized spacial score (nSPS) is 13.6. The fraction of sp³-hybridized carbons (Fsp3) is 0.167. The highest BCUT2D eigenvalue weighted by Gasteiger charge is 2.26. The van der Waals surface area contributed by atoms with E-state index in [9.17, 15) is 4.79 Å². The molecule has 6 heteroatoms. The van der Waals surface area contributed by atoms with Gasteiger partial charge in [-0.05, 0) is 24.3 Å². The number of nitrogens with zero attached hydrogens (tertiary/aromatic N) is 3. The fourth-order valence-electron chi connectivity index (χ4n) is 3.01. The topological polar surface area (TPSA) is 61.9 Å². The minimum absolute atomic E-state index is 0.00741. The van der Waals surface area contributed by atoms with Gasteiger partial charge in [0.15, 0.2) is 0 Å². The molecule has 24 heavy (non-hydrogen) atoms. The van der Waals surface area contributed by atoms with Crippen molar-refractivity contribution in [1.82, 2.24) is 20.1 Å². The molecule has 5 nitrogen and oxygen atoms in total. The summed E-state index contributed by atoms with van der Waals surface area (Å²) in [6.45, 7) is 1.19. The van der Waals surface area contributed by atoms with Crippen LogP contribution in [0.25, 0.3) is 11.3 Å². The van der Waals surface area contributed by atoms with Crippen molar-refractivity contribution in [3.05, 3.63) is 70.6 Å². The van der Waals surface area contributed by atoms with Gasteiger partial charge in [-0.1, -0.05) is 23.7 Å². The number of hydrogen-bond acceptors (Lipinski definition) is 3. The molecule has 0 fully saturated rings. The lowest BCUT2D eigenvalue weighted by Gasteiger charge is -2.27. The Labute approximate surface area is 144 Å². The maximum atomic E-state index is 12.7. The maximum absolute atomic E-state index is 12.7. The highest BCUT2D eigenvalue weighted by molar-refractivity contribution is 6.30. The van der Waals surface area contributed by atoms with Crippen LogP contribution in [0.5, 0.6) is 0 Å². The minimum Gasteiger partial charge on any atom is -0.334 e. The first-order valence-electron chi connectivity index (χ1n) is 7.74. The van der Waals surface area contributed by atoms with Crippen LogP contribution in [0.1, 0.15) is 21.6 Å². The predicted octanol–water partition coefficient (Wildman–Crippen LogP) is 3.32. The second-order valence-corrected chi connectivity index (χ2v) is 6.19. The molecule has 0 atom stereocenters. The Morgan fingerprint density at radius 1 is 1.25 bits per heavy atom. The molecule has 0 saturated heterocycles. The molecule has 0 unspecified atom stereocenters. The predicted molar refractivity (Wildman–Crippen MR) is 91.7 cm³/mol. The van der Waals surface area contributed by atoms with E-state index in [0.29, 0.717) is 23.7 Å². The second-order valence-electron chi connectivity index (χ2n) is 5.76. The Bertz CT molecular complexity index is 891. The van der Waals surface area contributed by atoms with E-state index in [0.717, 1.165) is 28.9 Å². The Morgan fingerprint density at radius 2 is 2.17 bits per heavy atom. The van der Waals surface area contributed by atoms with E-state index in [2.05, 4.69) is 15.2 Å². The minimum atomic E-state index is -0.00741. The fourth-order valence-corrected chi connectivity index (χ4v) is 3.21. The molecule has 0 radical (unpaired) electrons. The van der Waals surface area contributed by atoms with Gasteiger partial charge in [0.25, 0.3) is 5.91 Å². The van der Waals surface area contributed by atoms with Crippen LogP contribution in [-0.4, -0.2) is 32.5 Å². The van der Waals surface area contributed by atoms with Crippen LogP contribution in [0.3, 0.4) is 0 Å².